The molecule has 0 atom stereocenters. The molecule has 25 heavy (non-hydrogen) atoms. The van der Waals surface area contributed by atoms with E-state index in [0.717, 1.165) is 32.2 Å². The van der Waals surface area contributed by atoms with Crippen LogP contribution in [0.4, 0.5) is 0 Å². The van der Waals surface area contributed by atoms with Gasteiger partial charge in [0, 0.05) is 6.42 Å². The molecule has 0 aromatic heterocycles. The van der Waals surface area contributed by atoms with Crippen molar-refractivity contribution in [3.63, 3.8) is 0 Å². The van der Waals surface area contributed by atoms with Gasteiger partial charge in [-0.15, -0.1) is 0 Å². The van der Waals surface area contributed by atoms with Crippen molar-refractivity contribution in [2.24, 2.45) is 0 Å². The minimum atomic E-state index is -0.0751. The first-order valence-corrected chi connectivity index (χ1v) is 9.30. The highest BCUT2D eigenvalue weighted by Gasteiger charge is 2.12. The van der Waals surface area contributed by atoms with Gasteiger partial charge in [0.05, 0.1) is 12.6 Å². The predicted octanol–water partition coefficient (Wildman–Crippen LogP) is 4.88. The van der Waals surface area contributed by atoms with Gasteiger partial charge in [-0.05, 0) is 37.4 Å². The molecule has 0 unspecified atom stereocenters. The first-order valence-electron chi connectivity index (χ1n) is 9.30. The van der Waals surface area contributed by atoms with Crippen LogP contribution >= 0.6 is 0 Å². The van der Waals surface area contributed by atoms with Gasteiger partial charge in [0.2, 0.25) is 0 Å². The number of benzene rings is 2. The molecule has 3 heteroatoms. The number of nitrogens with one attached hydrogen (secondary N) is 1. The van der Waals surface area contributed by atoms with Crippen LogP contribution in [0.1, 0.15) is 56.2 Å². The van der Waals surface area contributed by atoms with E-state index in [-0.39, 0.29) is 12.0 Å². The Labute approximate surface area is 151 Å². The van der Waals surface area contributed by atoms with Crippen LogP contribution in [0, 0.1) is 0 Å². The number of hydrogen-bond donors (Lipinski definition) is 1. The van der Waals surface area contributed by atoms with E-state index in [2.05, 4.69) is 66.0 Å². The minimum Gasteiger partial charge on any atom is -0.466 e. The Morgan fingerprint density at radius 1 is 0.880 bits per heavy atom. The monoisotopic (exact) mass is 339 g/mol. The number of hydrogen-bond acceptors (Lipinski definition) is 3. The van der Waals surface area contributed by atoms with E-state index in [1.807, 2.05) is 6.92 Å². The van der Waals surface area contributed by atoms with Gasteiger partial charge in [-0.2, -0.15) is 0 Å². The van der Waals surface area contributed by atoms with Crippen LogP contribution in [0.25, 0.3) is 0 Å². The average Bonchev–Trinajstić information content (AvgIpc) is 2.65. The molecule has 0 saturated heterocycles. The molecular formula is C22H29NO2. The van der Waals surface area contributed by atoms with Crippen LogP contribution in [0.5, 0.6) is 0 Å². The van der Waals surface area contributed by atoms with Gasteiger partial charge in [0.1, 0.15) is 0 Å². The number of rotatable bonds is 11. The molecule has 2 aromatic rings. The fraction of sp³-hybridized carbons (Fsp3) is 0.409. The third-order valence-electron chi connectivity index (χ3n) is 4.23. The summed E-state index contributed by atoms with van der Waals surface area (Å²) in [6.07, 6.45) is 4.76. The van der Waals surface area contributed by atoms with Crippen molar-refractivity contribution in [3.05, 3.63) is 71.8 Å². The lowest BCUT2D eigenvalue weighted by atomic mass is 9.98. The molecule has 0 heterocycles. The highest BCUT2D eigenvalue weighted by Crippen LogP contribution is 2.21. The van der Waals surface area contributed by atoms with Gasteiger partial charge in [-0.3, -0.25) is 4.79 Å². The second-order valence-electron chi connectivity index (χ2n) is 6.18. The molecule has 2 rings (SSSR count). The van der Waals surface area contributed by atoms with Crippen LogP contribution in [0.3, 0.4) is 0 Å². The first-order chi connectivity index (χ1) is 12.3. The van der Waals surface area contributed by atoms with Crippen molar-refractivity contribution in [1.29, 1.82) is 0 Å². The van der Waals surface area contributed by atoms with Gasteiger partial charge < -0.3 is 10.1 Å². The molecule has 0 spiro atoms. The van der Waals surface area contributed by atoms with E-state index in [4.69, 9.17) is 4.74 Å². The maximum absolute atomic E-state index is 11.3. The fourth-order valence-corrected chi connectivity index (χ4v) is 2.95. The average molecular weight is 339 g/mol. The second kappa shape index (κ2) is 11.4. The summed E-state index contributed by atoms with van der Waals surface area (Å²) in [5.41, 5.74) is 2.58. The molecule has 0 aliphatic heterocycles. The van der Waals surface area contributed by atoms with E-state index in [1.54, 1.807) is 0 Å². The first kappa shape index (κ1) is 19.2. The molecule has 0 radical (unpaired) electrons. The molecule has 0 amide bonds. The number of carbonyl (C=O) groups is 1. The smallest absolute Gasteiger partial charge is 0.305 e. The highest BCUT2D eigenvalue weighted by atomic mass is 16.5. The summed E-state index contributed by atoms with van der Waals surface area (Å²) in [7, 11) is 0. The summed E-state index contributed by atoms with van der Waals surface area (Å²) in [5.74, 6) is -0.0751. The summed E-state index contributed by atoms with van der Waals surface area (Å²) in [4.78, 5) is 11.3. The van der Waals surface area contributed by atoms with E-state index in [0.29, 0.717) is 13.0 Å². The maximum atomic E-state index is 11.3. The lowest BCUT2D eigenvalue weighted by molar-refractivity contribution is -0.143. The van der Waals surface area contributed by atoms with Crippen LogP contribution in [-0.2, 0) is 9.53 Å². The van der Waals surface area contributed by atoms with Gasteiger partial charge >= 0.3 is 5.97 Å². The van der Waals surface area contributed by atoms with Crippen LogP contribution in [-0.4, -0.2) is 19.1 Å². The Morgan fingerprint density at radius 3 is 2.00 bits per heavy atom. The van der Waals surface area contributed by atoms with Crippen molar-refractivity contribution in [2.45, 2.75) is 45.1 Å². The Morgan fingerprint density at radius 2 is 1.44 bits per heavy atom. The highest BCUT2D eigenvalue weighted by molar-refractivity contribution is 5.69. The van der Waals surface area contributed by atoms with E-state index in [9.17, 15) is 4.79 Å². The standard InChI is InChI=1S/C22H29NO2/c1-2-25-21(24)17-11-3-4-12-18-23-22(19-13-7-5-8-14-19)20-15-9-6-10-16-20/h5-10,13-16,22-23H,2-4,11-12,17-18H2,1H3. The zero-order valence-electron chi connectivity index (χ0n) is 15.1. The summed E-state index contributed by atoms with van der Waals surface area (Å²) in [6.45, 7) is 3.29. The van der Waals surface area contributed by atoms with Crippen molar-refractivity contribution >= 4 is 5.97 Å². The quantitative estimate of drug-likeness (QED) is 0.468. The van der Waals surface area contributed by atoms with Gasteiger partial charge in [0.15, 0.2) is 0 Å². The van der Waals surface area contributed by atoms with Crippen molar-refractivity contribution in [2.75, 3.05) is 13.2 Å². The Bertz CT molecular complexity index is 558. The lowest BCUT2D eigenvalue weighted by Gasteiger charge is -2.20. The molecule has 0 aliphatic rings. The zero-order chi connectivity index (χ0) is 17.7. The number of esters is 1. The lowest BCUT2D eigenvalue weighted by Crippen LogP contribution is -2.23. The summed E-state index contributed by atoms with van der Waals surface area (Å²) < 4.78 is 4.95. The molecule has 0 aliphatic carbocycles. The molecular weight excluding hydrogens is 310 g/mol. The van der Waals surface area contributed by atoms with E-state index >= 15 is 0 Å². The number of carbonyl (C=O) groups excluding carboxylic acids is 1. The van der Waals surface area contributed by atoms with Gasteiger partial charge in [0.25, 0.3) is 0 Å². The van der Waals surface area contributed by atoms with Gasteiger partial charge in [-0.25, -0.2) is 0 Å². The normalized spacial score (nSPS) is 10.8. The second-order valence-corrected chi connectivity index (χ2v) is 6.18. The van der Waals surface area contributed by atoms with Crippen LogP contribution < -0.4 is 5.32 Å². The third-order valence-corrected chi connectivity index (χ3v) is 4.23. The largest absolute Gasteiger partial charge is 0.466 e. The molecule has 0 fully saturated rings. The molecule has 0 bridgehead atoms. The molecule has 1 N–H and O–H groups in total. The molecule has 0 saturated carbocycles. The van der Waals surface area contributed by atoms with Crippen LogP contribution in [0.2, 0.25) is 0 Å². The molecule has 2 aromatic carbocycles. The number of unbranched alkanes of at least 4 members (excludes halogenated alkanes) is 3. The Balaban J connectivity index is 1.75. The van der Waals surface area contributed by atoms with Crippen molar-refractivity contribution in [1.82, 2.24) is 5.32 Å². The van der Waals surface area contributed by atoms with Crippen LogP contribution in [0.15, 0.2) is 60.7 Å². The van der Waals surface area contributed by atoms with Crippen molar-refractivity contribution in [3.8, 4) is 0 Å². The SMILES string of the molecule is CCOC(=O)CCCCCCNC(c1ccccc1)c1ccccc1. The third kappa shape index (κ3) is 7.10. The predicted molar refractivity (Wildman–Crippen MR) is 102 cm³/mol. The maximum Gasteiger partial charge on any atom is 0.305 e. The fourth-order valence-electron chi connectivity index (χ4n) is 2.95. The minimum absolute atomic E-state index is 0.0751. The summed E-state index contributed by atoms with van der Waals surface area (Å²) >= 11 is 0. The Hall–Kier alpha value is -2.13. The summed E-state index contributed by atoms with van der Waals surface area (Å²) in [5, 5.41) is 3.68. The van der Waals surface area contributed by atoms with Gasteiger partial charge in [-0.1, -0.05) is 73.5 Å². The molecule has 3 nitrogen and oxygen atoms in total. The number of ether oxygens (including phenoxy) is 1. The van der Waals surface area contributed by atoms with Crippen molar-refractivity contribution < 1.29 is 9.53 Å². The Kier molecular flexibility index (Phi) is 8.78. The van der Waals surface area contributed by atoms with E-state index < -0.39 is 0 Å². The van der Waals surface area contributed by atoms with E-state index in [1.165, 1.54) is 11.1 Å². The zero-order valence-corrected chi connectivity index (χ0v) is 15.1. The molecule has 134 valence electrons. The summed E-state index contributed by atoms with van der Waals surface area (Å²) in [6, 6.07) is 21.4. The topological polar surface area (TPSA) is 38.3 Å².